The first kappa shape index (κ1) is 16.8. The summed E-state index contributed by atoms with van der Waals surface area (Å²) in [6.07, 6.45) is 6.56. The molecular formula is C18H15ClN8O. The molecule has 1 atom stereocenters. The first-order valence-electron chi connectivity index (χ1n) is 8.76. The van der Waals surface area contributed by atoms with Crippen LogP contribution >= 0.6 is 11.6 Å². The molecule has 28 heavy (non-hydrogen) atoms. The molecule has 0 saturated carbocycles. The van der Waals surface area contributed by atoms with Gasteiger partial charge in [-0.15, -0.1) is 10.2 Å². The van der Waals surface area contributed by atoms with E-state index in [1.165, 1.54) is 6.33 Å². The Hall–Kier alpha value is -3.33. The second-order valence-electron chi connectivity index (χ2n) is 6.58. The normalized spacial score (nSPS) is 16.4. The molecule has 9 nitrogen and oxygen atoms in total. The van der Waals surface area contributed by atoms with Crippen LogP contribution in [0.4, 0.5) is 0 Å². The van der Waals surface area contributed by atoms with E-state index >= 15 is 0 Å². The number of hydrogen-bond acceptors (Lipinski definition) is 6. The van der Waals surface area contributed by atoms with Gasteiger partial charge in [-0.3, -0.25) is 4.79 Å². The molecule has 0 spiro atoms. The minimum Gasteiger partial charge on any atom is -0.325 e. The van der Waals surface area contributed by atoms with Gasteiger partial charge < -0.3 is 9.47 Å². The third kappa shape index (κ3) is 2.63. The molecule has 1 amide bonds. The van der Waals surface area contributed by atoms with Gasteiger partial charge in [0, 0.05) is 31.7 Å². The van der Waals surface area contributed by atoms with Crippen LogP contribution in [-0.4, -0.2) is 51.7 Å². The lowest BCUT2D eigenvalue weighted by Crippen LogP contribution is -2.41. The van der Waals surface area contributed by atoms with Crippen molar-refractivity contribution in [2.75, 3.05) is 6.54 Å². The van der Waals surface area contributed by atoms with Crippen molar-refractivity contribution in [1.29, 1.82) is 0 Å². The summed E-state index contributed by atoms with van der Waals surface area (Å²) in [4.78, 5) is 22.9. The second-order valence-corrected chi connectivity index (χ2v) is 7.02. The fraction of sp³-hybridized carbons (Fsp3) is 0.222. The highest BCUT2D eigenvalue weighted by Crippen LogP contribution is 2.29. The molecule has 0 saturated heterocycles. The first-order valence-corrected chi connectivity index (χ1v) is 9.14. The average Bonchev–Trinajstić information content (AvgIpc) is 3.32. The van der Waals surface area contributed by atoms with Crippen molar-refractivity contribution in [1.82, 2.24) is 39.2 Å². The molecule has 4 aromatic heterocycles. The zero-order valence-electron chi connectivity index (χ0n) is 14.9. The van der Waals surface area contributed by atoms with E-state index in [0.717, 1.165) is 16.9 Å². The summed E-state index contributed by atoms with van der Waals surface area (Å²) in [5.41, 5.74) is 1.98. The largest absolute Gasteiger partial charge is 0.325 e. The molecule has 0 aromatic carbocycles. The van der Waals surface area contributed by atoms with Crippen molar-refractivity contribution in [2.45, 2.75) is 19.5 Å². The van der Waals surface area contributed by atoms with Crippen LogP contribution < -0.4 is 0 Å². The Balaban J connectivity index is 1.46. The Morgan fingerprint density at radius 2 is 2.00 bits per heavy atom. The fourth-order valence-electron chi connectivity index (χ4n) is 3.50. The molecule has 0 N–H and O–H groups in total. The van der Waals surface area contributed by atoms with Gasteiger partial charge in [-0.1, -0.05) is 11.6 Å². The number of fused-ring (bicyclic) bond motifs is 2. The zero-order valence-corrected chi connectivity index (χ0v) is 15.7. The van der Waals surface area contributed by atoms with E-state index < -0.39 is 0 Å². The van der Waals surface area contributed by atoms with Crippen molar-refractivity contribution in [2.24, 2.45) is 0 Å². The van der Waals surface area contributed by atoms with Crippen LogP contribution in [0.3, 0.4) is 0 Å². The molecule has 10 heteroatoms. The minimum atomic E-state index is -0.236. The van der Waals surface area contributed by atoms with Gasteiger partial charge in [0.25, 0.3) is 5.91 Å². The van der Waals surface area contributed by atoms with Crippen molar-refractivity contribution >= 4 is 23.0 Å². The predicted octanol–water partition coefficient (Wildman–Crippen LogP) is 2.25. The van der Waals surface area contributed by atoms with Crippen LogP contribution in [0.5, 0.6) is 0 Å². The highest BCUT2D eigenvalue weighted by Gasteiger charge is 2.33. The molecule has 4 aromatic rings. The summed E-state index contributed by atoms with van der Waals surface area (Å²) in [5.74, 6) is 1.29. The number of rotatable bonds is 2. The van der Waals surface area contributed by atoms with Crippen molar-refractivity contribution in [3.05, 3.63) is 59.7 Å². The summed E-state index contributed by atoms with van der Waals surface area (Å²) >= 11 is 6.01. The molecular weight excluding hydrogens is 380 g/mol. The topological polar surface area (TPSA) is 94.1 Å². The van der Waals surface area contributed by atoms with Crippen LogP contribution in [0, 0.1) is 0 Å². The first-order chi connectivity index (χ1) is 13.6. The Bertz CT molecular complexity index is 1180. The Morgan fingerprint density at radius 3 is 2.82 bits per heavy atom. The molecule has 1 aliphatic rings. The molecule has 0 radical (unpaired) electrons. The van der Waals surface area contributed by atoms with E-state index in [4.69, 9.17) is 11.6 Å². The van der Waals surface area contributed by atoms with Crippen molar-refractivity contribution in [3.63, 3.8) is 0 Å². The Labute approximate surface area is 164 Å². The lowest BCUT2D eigenvalue weighted by atomic mass is 10.1. The monoisotopic (exact) mass is 394 g/mol. The molecule has 5 rings (SSSR count). The number of pyridine rings is 1. The van der Waals surface area contributed by atoms with Crippen LogP contribution in [0.15, 0.2) is 43.1 Å². The van der Waals surface area contributed by atoms with Gasteiger partial charge >= 0.3 is 0 Å². The number of carbonyl (C=O) groups is 1. The van der Waals surface area contributed by atoms with E-state index in [2.05, 4.69) is 25.3 Å². The van der Waals surface area contributed by atoms with Crippen LogP contribution in [0.1, 0.15) is 29.3 Å². The molecule has 0 bridgehead atoms. The smallest absolute Gasteiger partial charge is 0.275 e. The number of carbonyl (C=O) groups excluding carboxylic acids is 1. The Morgan fingerprint density at radius 1 is 1.18 bits per heavy atom. The van der Waals surface area contributed by atoms with Crippen molar-refractivity contribution in [3.8, 4) is 11.4 Å². The number of aromatic nitrogens is 7. The molecule has 140 valence electrons. The third-order valence-corrected chi connectivity index (χ3v) is 5.13. The molecule has 5 heterocycles. The number of amides is 1. The zero-order chi connectivity index (χ0) is 19.3. The van der Waals surface area contributed by atoms with Gasteiger partial charge in [0.2, 0.25) is 0 Å². The van der Waals surface area contributed by atoms with E-state index in [-0.39, 0.29) is 11.9 Å². The summed E-state index contributed by atoms with van der Waals surface area (Å²) in [6.45, 7) is 3.05. The van der Waals surface area contributed by atoms with E-state index in [9.17, 15) is 4.79 Å². The lowest BCUT2D eigenvalue weighted by molar-refractivity contribution is 0.0632. The molecule has 1 aliphatic heterocycles. The summed E-state index contributed by atoms with van der Waals surface area (Å²) in [5, 5.41) is 13.5. The highest BCUT2D eigenvalue weighted by atomic mass is 35.5. The van der Waals surface area contributed by atoms with Gasteiger partial charge in [0.05, 0.1) is 22.1 Å². The maximum absolute atomic E-state index is 13.1. The van der Waals surface area contributed by atoms with Gasteiger partial charge in [0.1, 0.15) is 6.33 Å². The van der Waals surface area contributed by atoms with Crippen LogP contribution in [0.2, 0.25) is 5.02 Å². The number of halogens is 1. The number of nitrogens with zero attached hydrogens (tertiary/aromatic N) is 8. The van der Waals surface area contributed by atoms with Gasteiger partial charge in [-0.05, 0) is 25.1 Å². The SMILES string of the molecule is CC1c2nnc(-c3cncnc3)n2CCN1C(=O)c1cc2ccc(Cl)cn2n1. The molecule has 0 fully saturated rings. The summed E-state index contributed by atoms with van der Waals surface area (Å²) < 4.78 is 3.62. The average molecular weight is 395 g/mol. The standard InChI is InChI=1S/C18H15ClN8O/c1-11-16-22-23-17(12-7-20-10-21-8-12)26(16)5-4-25(11)18(28)15-6-14-3-2-13(19)9-27(14)24-15/h2-3,6-11H,4-5H2,1H3. The Kier molecular flexibility index (Phi) is 3.83. The number of hydrogen-bond donors (Lipinski definition) is 0. The van der Waals surface area contributed by atoms with E-state index in [1.807, 2.05) is 17.6 Å². The van der Waals surface area contributed by atoms with E-state index in [0.29, 0.717) is 29.6 Å². The summed E-state index contributed by atoms with van der Waals surface area (Å²) in [6, 6.07) is 5.13. The maximum atomic E-state index is 13.1. The third-order valence-electron chi connectivity index (χ3n) is 4.91. The molecule has 1 unspecified atom stereocenters. The fourth-order valence-corrected chi connectivity index (χ4v) is 3.66. The maximum Gasteiger partial charge on any atom is 0.275 e. The van der Waals surface area contributed by atoms with Gasteiger partial charge in [-0.25, -0.2) is 14.5 Å². The summed E-state index contributed by atoms with van der Waals surface area (Å²) in [7, 11) is 0. The quantitative estimate of drug-likeness (QED) is 0.517. The minimum absolute atomic E-state index is 0.147. The predicted molar refractivity (Wildman–Crippen MR) is 101 cm³/mol. The van der Waals surface area contributed by atoms with Gasteiger partial charge in [-0.2, -0.15) is 5.10 Å². The lowest BCUT2D eigenvalue weighted by Gasteiger charge is -2.33. The second kappa shape index (κ2) is 6.38. The van der Waals surface area contributed by atoms with Crippen LogP contribution in [-0.2, 0) is 6.54 Å². The van der Waals surface area contributed by atoms with Gasteiger partial charge in [0.15, 0.2) is 17.3 Å². The van der Waals surface area contributed by atoms with Crippen molar-refractivity contribution < 1.29 is 4.79 Å². The van der Waals surface area contributed by atoms with E-state index in [1.54, 1.807) is 40.1 Å². The molecule has 0 aliphatic carbocycles. The van der Waals surface area contributed by atoms with Crippen LogP contribution in [0.25, 0.3) is 16.9 Å². The highest BCUT2D eigenvalue weighted by molar-refractivity contribution is 6.30.